The molecule has 0 aromatic carbocycles. The van der Waals surface area contributed by atoms with E-state index in [-0.39, 0.29) is 6.29 Å². The highest BCUT2D eigenvalue weighted by Gasteiger charge is 2.23. The fourth-order valence-corrected chi connectivity index (χ4v) is 2.18. The summed E-state index contributed by atoms with van der Waals surface area (Å²) in [6.07, 6.45) is 9.49. The van der Waals surface area contributed by atoms with Crippen LogP contribution in [0.2, 0.25) is 0 Å². The maximum atomic E-state index is 5.74. The van der Waals surface area contributed by atoms with E-state index in [9.17, 15) is 0 Å². The molecule has 1 fully saturated rings. The normalized spacial score (nSPS) is 31.8. The van der Waals surface area contributed by atoms with E-state index in [2.05, 4.69) is 20.8 Å². The van der Waals surface area contributed by atoms with Gasteiger partial charge in [0.1, 0.15) is 0 Å². The third kappa shape index (κ3) is 5.53. The summed E-state index contributed by atoms with van der Waals surface area (Å²) in [4.78, 5) is 0. The number of ether oxygens (including phenoxy) is 2. The lowest BCUT2D eigenvalue weighted by molar-refractivity contribution is -0.236. The number of hydrogen-bond acceptors (Lipinski definition) is 2. The molecule has 1 saturated heterocycles. The quantitative estimate of drug-likeness (QED) is 0.625. The highest BCUT2D eigenvalue weighted by molar-refractivity contribution is 4.65. The van der Waals surface area contributed by atoms with Crippen molar-refractivity contribution in [3.63, 3.8) is 0 Å². The molecule has 0 aromatic rings. The minimum absolute atomic E-state index is 0.0605. The van der Waals surface area contributed by atoms with Crippen molar-refractivity contribution < 1.29 is 9.47 Å². The van der Waals surface area contributed by atoms with Crippen LogP contribution in [0.15, 0.2) is 0 Å². The van der Waals surface area contributed by atoms with Gasteiger partial charge in [-0.15, -0.1) is 0 Å². The molecule has 0 aliphatic carbocycles. The molecular formula is C13H26O2. The molecule has 0 saturated carbocycles. The van der Waals surface area contributed by atoms with E-state index in [1.54, 1.807) is 0 Å². The molecule has 2 nitrogen and oxygen atoms in total. The first-order valence-electron chi connectivity index (χ1n) is 6.53. The van der Waals surface area contributed by atoms with Crippen LogP contribution in [0, 0.1) is 0 Å². The highest BCUT2D eigenvalue weighted by atomic mass is 16.7. The van der Waals surface area contributed by atoms with Crippen molar-refractivity contribution in [2.24, 2.45) is 0 Å². The maximum absolute atomic E-state index is 5.74. The van der Waals surface area contributed by atoms with Gasteiger partial charge in [0.15, 0.2) is 6.29 Å². The second-order valence-corrected chi connectivity index (χ2v) is 4.76. The molecule has 2 heteroatoms. The highest BCUT2D eigenvalue weighted by Crippen LogP contribution is 2.21. The molecule has 0 spiro atoms. The van der Waals surface area contributed by atoms with Gasteiger partial charge in [-0.1, -0.05) is 32.6 Å². The molecule has 0 amide bonds. The third-order valence-corrected chi connectivity index (χ3v) is 2.98. The lowest BCUT2D eigenvalue weighted by Crippen LogP contribution is -2.35. The molecule has 3 atom stereocenters. The second-order valence-electron chi connectivity index (χ2n) is 4.76. The lowest BCUT2D eigenvalue weighted by atomic mass is 10.1. The fraction of sp³-hybridized carbons (Fsp3) is 1.00. The average molecular weight is 214 g/mol. The topological polar surface area (TPSA) is 18.5 Å². The van der Waals surface area contributed by atoms with E-state index >= 15 is 0 Å². The van der Waals surface area contributed by atoms with Crippen molar-refractivity contribution in [1.82, 2.24) is 0 Å². The summed E-state index contributed by atoms with van der Waals surface area (Å²) in [5.74, 6) is 0. The molecule has 1 aliphatic heterocycles. The van der Waals surface area contributed by atoms with Gasteiger partial charge in [0, 0.05) is 0 Å². The van der Waals surface area contributed by atoms with Gasteiger partial charge >= 0.3 is 0 Å². The first kappa shape index (κ1) is 13.0. The number of hydrogen-bond donors (Lipinski definition) is 0. The van der Waals surface area contributed by atoms with Crippen LogP contribution in [0.3, 0.4) is 0 Å². The predicted octanol–water partition coefficient (Wildman–Crippen LogP) is 3.89. The largest absolute Gasteiger partial charge is 0.350 e. The summed E-state index contributed by atoms with van der Waals surface area (Å²) in [6.45, 7) is 6.53. The summed E-state index contributed by atoms with van der Waals surface area (Å²) in [5.41, 5.74) is 0. The van der Waals surface area contributed by atoms with Crippen molar-refractivity contribution in [3.05, 3.63) is 0 Å². The zero-order valence-corrected chi connectivity index (χ0v) is 10.5. The molecule has 0 aromatic heterocycles. The van der Waals surface area contributed by atoms with Crippen molar-refractivity contribution >= 4 is 0 Å². The van der Waals surface area contributed by atoms with Crippen LogP contribution in [0.1, 0.15) is 65.7 Å². The van der Waals surface area contributed by atoms with E-state index in [1.165, 1.54) is 32.1 Å². The van der Waals surface area contributed by atoms with Crippen LogP contribution in [0.25, 0.3) is 0 Å². The van der Waals surface area contributed by atoms with Crippen LogP contribution in [-0.4, -0.2) is 18.5 Å². The molecule has 0 N–H and O–H groups in total. The van der Waals surface area contributed by atoms with Crippen LogP contribution < -0.4 is 0 Å². The van der Waals surface area contributed by atoms with E-state index in [0.717, 1.165) is 12.8 Å². The molecule has 1 aliphatic rings. The Kier molecular flexibility index (Phi) is 6.26. The van der Waals surface area contributed by atoms with Gasteiger partial charge in [-0.3, -0.25) is 0 Å². The average Bonchev–Trinajstić information content (AvgIpc) is 2.16. The second kappa shape index (κ2) is 7.24. The Balaban J connectivity index is 2.04. The predicted molar refractivity (Wildman–Crippen MR) is 62.9 cm³/mol. The van der Waals surface area contributed by atoms with E-state index in [4.69, 9.17) is 9.47 Å². The van der Waals surface area contributed by atoms with Crippen molar-refractivity contribution in [2.75, 3.05) is 0 Å². The summed E-state index contributed by atoms with van der Waals surface area (Å²) in [7, 11) is 0. The van der Waals surface area contributed by atoms with Gasteiger partial charge in [0.2, 0.25) is 0 Å². The molecule has 0 bridgehead atoms. The Morgan fingerprint density at radius 3 is 2.13 bits per heavy atom. The van der Waals surface area contributed by atoms with Crippen LogP contribution >= 0.6 is 0 Å². The third-order valence-electron chi connectivity index (χ3n) is 2.98. The Labute approximate surface area is 94.3 Å². The monoisotopic (exact) mass is 214 g/mol. The van der Waals surface area contributed by atoms with Crippen molar-refractivity contribution in [1.29, 1.82) is 0 Å². The molecular weight excluding hydrogens is 188 g/mol. The van der Waals surface area contributed by atoms with Gasteiger partial charge in [0.05, 0.1) is 12.2 Å². The zero-order chi connectivity index (χ0) is 11.1. The first-order valence-corrected chi connectivity index (χ1v) is 6.53. The van der Waals surface area contributed by atoms with E-state index in [1.807, 2.05) is 0 Å². The maximum Gasteiger partial charge on any atom is 0.158 e. The SMILES string of the molecule is CCCCCCCC1OC(C)C[C@H](C)O1. The smallest absolute Gasteiger partial charge is 0.158 e. The molecule has 2 unspecified atom stereocenters. The Hall–Kier alpha value is -0.0800. The van der Waals surface area contributed by atoms with E-state index < -0.39 is 0 Å². The van der Waals surface area contributed by atoms with Gasteiger partial charge in [0.25, 0.3) is 0 Å². The Morgan fingerprint density at radius 1 is 0.933 bits per heavy atom. The van der Waals surface area contributed by atoms with Gasteiger partial charge < -0.3 is 9.47 Å². The van der Waals surface area contributed by atoms with Gasteiger partial charge in [-0.05, 0) is 33.1 Å². The van der Waals surface area contributed by atoms with Crippen molar-refractivity contribution in [3.8, 4) is 0 Å². The van der Waals surface area contributed by atoms with Gasteiger partial charge in [-0.2, -0.15) is 0 Å². The minimum Gasteiger partial charge on any atom is -0.350 e. The summed E-state index contributed by atoms with van der Waals surface area (Å²) >= 11 is 0. The lowest BCUT2D eigenvalue weighted by Gasteiger charge is -2.32. The first-order chi connectivity index (χ1) is 7.22. The van der Waals surface area contributed by atoms with Crippen LogP contribution in [0.5, 0.6) is 0 Å². The minimum atomic E-state index is 0.0605. The Bertz CT molecular complexity index is 149. The molecule has 1 rings (SSSR count). The Morgan fingerprint density at radius 2 is 1.53 bits per heavy atom. The summed E-state index contributed by atoms with van der Waals surface area (Å²) < 4.78 is 11.5. The van der Waals surface area contributed by atoms with E-state index in [0.29, 0.717) is 12.2 Å². The number of unbranched alkanes of at least 4 members (excludes halogenated alkanes) is 4. The molecule has 0 radical (unpaired) electrons. The van der Waals surface area contributed by atoms with Crippen LogP contribution in [0.4, 0.5) is 0 Å². The molecule has 1 heterocycles. The summed E-state index contributed by atoms with van der Waals surface area (Å²) in [5, 5.41) is 0. The molecule has 90 valence electrons. The van der Waals surface area contributed by atoms with Crippen LogP contribution in [-0.2, 0) is 9.47 Å². The van der Waals surface area contributed by atoms with Gasteiger partial charge in [-0.25, -0.2) is 0 Å². The zero-order valence-electron chi connectivity index (χ0n) is 10.5. The molecule has 15 heavy (non-hydrogen) atoms. The standard InChI is InChI=1S/C13H26O2/c1-4-5-6-7-8-9-13-14-11(2)10-12(3)15-13/h11-13H,4-10H2,1-3H3/t11-,12?,13?/m0/s1. The van der Waals surface area contributed by atoms with Crippen molar-refractivity contribution in [2.45, 2.75) is 84.2 Å². The fourth-order valence-electron chi connectivity index (χ4n) is 2.18. The summed E-state index contributed by atoms with van der Waals surface area (Å²) in [6, 6.07) is 0. The number of rotatable bonds is 6.